The zero-order valence-corrected chi connectivity index (χ0v) is 5.90. The zero-order chi connectivity index (χ0) is 6.97. The molecule has 0 atom stereocenters. The van der Waals surface area contributed by atoms with Gasteiger partial charge in [-0.2, -0.15) is 0 Å². The fourth-order valence-corrected chi connectivity index (χ4v) is 1.63. The quantitative estimate of drug-likeness (QED) is 0.568. The molecule has 0 spiro atoms. The Balaban J connectivity index is 2.78. The third kappa shape index (κ3) is 0.647. The Morgan fingerprint density at radius 2 is 2.10 bits per heavy atom. The topological polar surface area (TPSA) is 20.2 Å². The van der Waals surface area contributed by atoms with E-state index in [0.29, 0.717) is 5.75 Å². The molecule has 1 aliphatic rings. The van der Waals surface area contributed by atoms with Crippen LogP contribution in [0, 0.1) is 0 Å². The molecule has 0 amide bonds. The van der Waals surface area contributed by atoms with Crippen LogP contribution in [0.4, 0.5) is 0 Å². The van der Waals surface area contributed by atoms with Gasteiger partial charge in [-0.1, -0.05) is 11.5 Å². The Bertz CT molecular complexity index is 361. The first-order valence-electron chi connectivity index (χ1n) is 2.86. The average molecular weight is 148 g/mol. The maximum Gasteiger partial charge on any atom is 0.134 e. The van der Waals surface area contributed by atoms with E-state index in [4.69, 9.17) is 0 Å². The molecule has 1 N–H and O–H groups in total. The third-order valence-electron chi connectivity index (χ3n) is 1.34. The van der Waals surface area contributed by atoms with Crippen molar-refractivity contribution in [1.82, 2.24) is 0 Å². The van der Waals surface area contributed by atoms with Crippen molar-refractivity contribution in [3.8, 4) is 5.75 Å². The molecule has 0 bridgehead atoms. The highest BCUT2D eigenvalue weighted by atomic mass is 32.1. The van der Waals surface area contributed by atoms with Crippen LogP contribution in [-0.2, 0) is 0 Å². The predicted molar refractivity (Wildman–Crippen MR) is 41.9 cm³/mol. The van der Waals surface area contributed by atoms with Crippen molar-refractivity contribution in [2.24, 2.45) is 0 Å². The molecule has 1 aromatic heterocycles. The largest absolute Gasteiger partial charge is 0.506 e. The average Bonchev–Trinajstić information content (AvgIpc) is 2.34. The van der Waals surface area contributed by atoms with E-state index in [1.165, 1.54) is 11.3 Å². The summed E-state index contributed by atoms with van der Waals surface area (Å²) in [7, 11) is 0. The second kappa shape index (κ2) is 1.89. The van der Waals surface area contributed by atoms with E-state index in [-0.39, 0.29) is 0 Å². The summed E-state index contributed by atoms with van der Waals surface area (Å²) in [4.78, 5) is 1.05. The molecular weight excluding hydrogens is 144 g/mol. The summed E-state index contributed by atoms with van der Waals surface area (Å²) in [5.41, 5.74) is 6.47. The van der Waals surface area contributed by atoms with E-state index in [0.717, 1.165) is 10.4 Å². The summed E-state index contributed by atoms with van der Waals surface area (Å²) >= 11 is 1.51. The fraction of sp³-hybridized carbons (Fsp3) is 0. The normalized spacial score (nSPS) is 12.0. The third-order valence-corrected chi connectivity index (χ3v) is 2.27. The molecule has 1 aromatic rings. The lowest BCUT2D eigenvalue weighted by Gasteiger charge is -1.91. The zero-order valence-electron chi connectivity index (χ0n) is 5.09. The van der Waals surface area contributed by atoms with E-state index in [2.05, 4.69) is 11.5 Å². The van der Waals surface area contributed by atoms with Crippen molar-refractivity contribution >= 4 is 23.5 Å². The van der Waals surface area contributed by atoms with Gasteiger partial charge in [0.1, 0.15) is 5.75 Å². The molecule has 0 radical (unpaired) electrons. The molecule has 0 unspecified atom stereocenters. The molecule has 0 saturated carbocycles. The molecule has 48 valence electrons. The van der Waals surface area contributed by atoms with E-state index in [1.807, 2.05) is 6.08 Å². The molecule has 1 heterocycles. The maximum absolute atomic E-state index is 9.19. The van der Waals surface area contributed by atoms with Crippen molar-refractivity contribution in [3.05, 3.63) is 27.3 Å². The summed E-state index contributed by atoms with van der Waals surface area (Å²) in [6, 6.07) is 0. The lowest BCUT2D eigenvalue weighted by Crippen LogP contribution is -1.71. The SMILES string of the molecule is Oc1csc2c1C=C=C=C2. The summed E-state index contributed by atoms with van der Waals surface area (Å²) in [5.74, 6) is 0.338. The summed E-state index contributed by atoms with van der Waals surface area (Å²) in [5, 5.41) is 10.9. The monoisotopic (exact) mass is 148 g/mol. The number of hydrogen-bond donors (Lipinski definition) is 1. The van der Waals surface area contributed by atoms with Gasteiger partial charge in [0.25, 0.3) is 0 Å². The minimum absolute atomic E-state index is 0.338. The van der Waals surface area contributed by atoms with Crippen LogP contribution >= 0.6 is 11.3 Å². The summed E-state index contributed by atoms with van der Waals surface area (Å²) in [6.45, 7) is 0. The Morgan fingerprint density at radius 1 is 1.30 bits per heavy atom. The number of aromatic hydroxyl groups is 1. The molecule has 2 heteroatoms. The predicted octanol–water partition coefficient (Wildman–Crippen LogP) is 2.25. The van der Waals surface area contributed by atoms with Crippen molar-refractivity contribution < 1.29 is 5.11 Å². The maximum atomic E-state index is 9.19. The Hall–Kier alpha value is -1.20. The van der Waals surface area contributed by atoms with Crippen LogP contribution in [0.25, 0.3) is 12.2 Å². The highest BCUT2D eigenvalue weighted by molar-refractivity contribution is 7.11. The second-order valence-corrected chi connectivity index (χ2v) is 2.89. The standard InChI is InChI=1S/C8H4OS/c9-7-5-10-8-4-2-1-3-6(7)8/h3-5,9H. The van der Waals surface area contributed by atoms with Gasteiger partial charge in [0.15, 0.2) is 0 Å². The van der Waals surface area contributed by atoms with Gasteiger partial charge in [0.2, 0.25) is 0 Å². The Kier molecular flexibility index (Phi) is 1.06. The van der Waals surface area contributed by atoms with E-state index in [9.17, 15) is 5.11 Å². The first kappa shape index (κ1) is 5.57. The smallest absolute Gasteiger partial charge is 0.134 e. The highest BCUT2D eigenvalue weighted by Gasteiger charge is 2.05. The second-order valence-electron chi connectivity index (χ2n) is 1.98. The van der Waals surface area contributed by atoms with Gasteiger partial charge in [-0.05, 0) is 0 Å². The minimum atomic E-state index is 0.338. The molecule has 2 rings (SSSR count). The molecule has 10 heavy (non-hydrogen) atoms. The Morgan fingerprint density at radius 3 is 2.90 bits per heavy atom. The molecule has 0 aliphatic heterocycles. The van der Waals surface area contributed by atoms with Crippen molar-refractivity contribution in [1.29, 1.82) is 0 Å². The molecule has 0 aromatic carbocycles. The number of hydrogen-bond acceptors (Lipinski definition) is 2. The van der Waals surface area contributed by atoms with E-state index in [1.54, 1.807) is 11.5 Å². The van der Waals surface area contributed by atoms with Gasteiger partial charge in [0, 0.05) is 28.0 Å². The lowest BCUT2D eigenvalue weighted by molar-refractivity contribution is 0.476. The van der Waals surface area contributed by atoms with Crippen LogP contribution in [0.15, 0.2) is 16.8 Å². The van der Waals surface area contributed by atoms with Crippen LogP contribution in [-0.4, -0.2) is 5.11 Å². The van der Waals surface area contributed by atoms with Crippen LogP contribution < -0.4 is 0 Å². The van der Waals surface area contributed by atoms with Crippen molar-refractivity contribution in [2.45, 2.75) is 0 Å². The van der Waals surface area contributed by atoms with Gasteiger partial charge >= 0.3 is 0 Å². The molecule has 0 fully saturated rings. The van der Waals surface area contributed by atoms with Gasteiger partial charge in [-0.25, -0.2) is 0 Å². The number of thiophene rings is 1. The lowest BCUT2D eigenvalue weighted by atomic mass is 10.2. The highest BCUT2D eigenvalue weighted by Crippen LogP contribution is 2.31. The van der Waals surface area contributed by atoms with Crippen molar-refractivity contribution in [3.63, 3.8) is 0 Å². The van der Waals surface area contributed by atoms with Crippen LogP contribution in [0.1, 0.15) is 10.4 Å². The summed E-state index contributed by atoms with van der Waals surface area (Å²) < 4.78 is 0. The van der Waals surface area contributed by atoms with Crippen LogP contribution in [0.2, 0.25) is 0 Å². The molecule has 1 aliphatic carbocycles. The number of fused-ring (bicyclic) bond motifs is 1. The van der Waals surface area contributed by atoms with Crippen molar-refractivity contribution in [2.75, 3.05) is 0 Å². The number of rotatable bonds is 0. The van der Waals surface area contributed by atoms with Gasteiger partial charge in [-0.3, -0.25) is 0 Å². The minimum Gasteiger partial charge on any atom is -0.506 e. The first-order chi connectivity index (χ1) is 4.88. The Labute approximate surface area is 62.3 Å². The van der Waals surface area contributed by atoms with Gasteiger partial charge in [0.05, 0.1) is 0 Å². The van der Waals surface area contributed by atoms with Gasteiger partial charge in [-0.15, -0.1) is 11.3 Å². The summed E-state index contributed by atoms with van der Waals surface area (Å²) in [6.07, 6.45) is 3.56. The van der Waals surface area contributed by atoms with E-state index < -0.39 is 0 Å². The van der Waals surface area contributed by atoms with Crippen LogP contribution in [0.5, 0.6) is 5.75 Å². The van der Waals surface area contributed by atoms with Gasteiger partial charge < -0.3 is 5.11 Å². The fourth-order valence-electron chi connectivity index (χ4n) is 0.850. The first-order valence-corrected chi connectivity index (χ1v) is 3.74. The molecular formula is C8H4OS. The van der Waals surface area contributed by atoms with E-state index >= 15 is 0 Å². The molecule has 1 nitrogen and oxygen atoms in total. The van der Waals surface area contributed by atoms with Crippen LogP contribution in [0.3, 0.4) is 0 Å². The molecule has 0 saturated heterocycles.